The van der Waals surface area contributed by atoms with E-state index in [4.69, 9.17) is 14.7 Å². The molecular formula is C32H39F3N4O. The molecule has 3 aromatic rings. The third kappa shape index (κ3) is 5.42. The van der Waals surface area contributed by atoms with Gasteiger partial charge in [-0.1, -0.05) is 58.0 Å². The predicted molar refractivity (Wildman–Crippen MR) is 154 cm³/mol. The van der Waals surface area contributed by atoms with E-state index in [0.717, 1.165) is 36.1 Å². The molecule has 1 aromatic heterocycles. The highest BCUT2D eigenvalue weighted by molar-refractivity contribution is 5.67. The van der Waals surface area contributed by atoms with Crippen molar-refractivity contribution < 1.29 is 17.9 Å². The first-order chi connectivity index (χ1) is 18.9. The normalized spacial score (nSPS) is 19.2. The average Bonchev–Trinajstić information content (AvgIpc) is 2.91. The number of aryl methyl sites for hydroxylation is 1. The number of aromatic nitrogens is 2. The van der Waals surface area contributed by atoms with Gasteiger partial charge in [-0.3, -0.25) is 0 Å². The average molecular weight is 553 g/mol. The quantitative estimate of drug-likeness (QED) is 0.330. The number of ether oxygens (including phenoxy) is 1. The lowest BCUT2D eigenvalue weighted by atomic mass is 9.81. The highest BCUT2D eigenvalue weighted by Crippen LogP contribution is 2.40. The van der Waals surface area contributed by atoms with Crippen molar-refractivity contribution in [3.05, 3.63) is 70.4 Å². The summed E-state index contributed by atoms with van der Waals surface area (Å²) in [6.45, 7) is 13.6. The molecule has 214 valence electrons. The number of alkyl halides is 3. The summed E-state index contributed by atoms with van der Waals surface area (Å²) in [6, 6.07) is 12.2. The van der Waals surface area contributed by atoms with Crippen molar-refractivity contribution >= 4 is 11.5 Å². The van der Waals surface area contributed by atoms with Crippen LogP contribution in [-0.4, -0.2) is 42.8 Å². The van der Waals surface area contributed by atoms with Crippen molar-refractivity contribution in [1.29, 1.82) is 0 Å². The second kappa shape index (κ2) is 10.7. The van der Waals surface area contributed by atoms with Crippen LogP contribution >= 0.6 is 0 Å². The van der Waals surface area contributed by atoms with Gasteiger partial charge in [-0.2, -0.15) is 13.2 Å². The molecule has 2 aliphatic heterocycles. The van der Waals surface area contributed by atoms with Crippen LogP contribution in [0.4, 0.5) is 24.7 Å². The van der Waals surface area contributed by atoms with E-state index in [2.05, 4.69) is 62.6 Å². The smallest absolute Gasteiger partial charge is 0.381 e. The summed E-state index contributed by atoms with van der Waals surface area (Å²) in [5.74, 6) is 1.29. The lowest BCUT2D eigenvalue weighted by molar-refractivity contribution is -0.137. The van der Waals surface area contributed by atoms with Gasteiger partial charge in [0, 0.05) is 61.9 Å². The molecule has 0 bridgehead atoms. The van der Waals surface area contributed by atoms with Gasteiger partial charge < -0.3 is 14.5 Å². The van der Waals surface area contributed by atoms with E-state index < -0.39 is 11.7 Å². The van der Waals surface area contributed by atoms with Crippen molar-refractivity contribution in [2.24, 2.45) is 5.41 Å². The van der Waals surface area contributed by atoms with Crippen LogP contribution in [0.5, 0.6) is 0 Å². The van der Waals surface area contributed by atoms with Gasteiger partial charge in [0.25, 0.3) is 0 Å². The number of methoxy groups -OCH3 is 1. The molecule has 3 heterocycles. The summed E-state index contributed by atoms with van der Waals surface area (Å²) >= 11 is 0. The molecule has 0 spiro atoms. The molecule has 0 N–H and O–H groups in total. The fourth-order valence-corrected chi connectivity index (χ4v) is 6.19. The number of anilines is 2. The van der Waals surface area contributed by atoms with Crippen LogP contribution in [0.1, 0.15) is 68.0 Å². The van der Waals surface area contributed by atoms with Gasteiger partial charge in [0.1, 0.15) is 5.82 Å². The molecule has 5 rings (SSSR count). The summed E-state index contributed by atoms with van der Waals surface area (Å²) < 4.78 is 47.7. The number of benzene rings is 2. The number of halogens is 3. The Bertz CT molecular complexity index is 1390. The standard InChI is InChI=1S/C32H39F3N4O/c1-20(2)22-12-11-21(3)27(17-22)38-15-13-26-24(18-38)30(39-16-14-28(40-6)31(4,5)19-39)37-29(36-26)23-9-7-8-10-25(23)32(33,34)35/h7-12,17,20,28H,13-16,18-19H2,1-6H3. The summed E-state index contributed by atoms with van der Waals surface area (Å²) in [5.41, 5.74) is 4.67. The Labute approximate surface area is 235 Å². The molecule has 0 amide bonds. The molecule has 1 atom stereocenters. The minimum Gasteiger partial charge on any atom is -0.381 e. The molecule has 2 aliphatic rings. The molecule has 40 heavy (non-hydrogen) atoms. The van der Waals surface area contributed by atoms with Crippen molar-refractivity contribution in [1.82, 2.24) is 9.97 Å². The van der Waals surface area contributed by atoms with Crippen LogP contribution in [0.25, 0.3) is 11.4 Å². The highest BCUT2D eigenvalue weighted by atomic mass is 19.4. The Kier molecular flexibility index (Phi) is 7.59. The lowest BCUT2D eigenvalue weighted by Gasteiger charge is -2.45. The molecule has 2 aromatic carbocycles. The second-order valence-electron chi connectivity index (χ2n) is 12.1. The van der Waals surface area contributed by atoms with Gasteiger partial charge in [-0.05, 0) is 42.5 Å². The maximum atomic E-state index is 14.0. The van der Waals surface area contributed by atoms with Crippen molar-refractivity contribution in [3.8, 4) is 11.4 Å². The number of hydrogen-bond acceptors (Lipinski definition) is 5. The van der Waals surface area contributed by atoms with Gasteiger partial charge in [0.2, 0.25) is 0 Å². The van der Waals surface area contributed by atoms with E-state index >= 15 is 0 Å². The number of piperidine rings is 1. The lowest BCUT2D eigenvalue weighted by Crippen LogP contribution is -2.50. The van der Waals surface area contributed by atoms with Crippen LogP contribution < -0.4 is 9.80 Å². The third-order valence-electron chi connectivity index (χ3n) is 8.47. The van der Waals surface area contributed by atoms with Crippen molar-refractivity contribution in [2.75, 3.05) is 36.5 Å². The Morgan fingerprint density at radius 1 is 1.02 bits per heavy atom. The summed E-state index contributed by atoms with van der Waals surface area (Å²) in [5, 5.41) is 0. The first kappa shape index (κ1) is 28.4. The largest absolute Gasteiger partial charge is 0.417 e. The van der Waals surface area contributed by atoms with Gasteiger partial charge >= 0.3 is 6.18 Å². The van der Waals surface area contributed by atoms with Crippen LogP contribution in [0.3, 0.4) is 0 Å². The summed E-state index contributed by atoms with van der Waals surface area (Å²) in [7, 11) is 1.74. The second-order valence-corrected chi connectivity index (χ2v) is 12.1. The van der Waals surface area contributed by atoms with Gasteiger partial charge in [-0.25, -0.2) is 9.97 Å². The SMILES string of the molecule is COC1CCN(c2nc(-c3ccccc3C(F)(F)F)nc3c2CN(c2cc(C(C)C)ccc2C)CC3)CC1(C)C. The van der Waals surface area contributed by atoms with Gasteiger partial charge in [0.15, 0.2) is 5.82 Å². The number of fused-ring (bicyclic) bond motifs is 1. The molecule has 1 unspecified atom stereocenters. The van der Waals surface area contributed by atoms with Crippen LogP contribution in [0.2, 0.25) is 0 Å². The van der Waals surface area contributed by atoms with E-state index in [1.165, 1.54) is 28.9 Å². The molecule has 1 saturated heterocycles. The fourth-order valence-electron chi connectivity index (χ4n) is 6.19. The first-order valence-electron chi connectivity index (χ1n) is 14.1. The molecule has 0 radical (unpaired) electrons. The van der Waals surface area contributed by atoms with Crippen molar-refractivity contribution in [3.63, 3.8) is 0 Å². The predicted octanol–water partition coefficient (Wildman–Crippen LogP) is 7.41. The summed E-state index contributed by atoms with van der Waals surface area (Å²) in [4.78, 5) is 14.3. The van der Waals surface area contributed by atoms with E-state index in [1.807, 2.05) is 0 Å². The Hall–Kier alpha value is -3.13. The van der Waals surface area contributed by atoms with Crippen molar-refractivity contribution in [2.45, 2.75) is 72.2 Å². The molecule has 5 nitrogen and oxygen atoms in total. The minimum absolute atomic E-state index is 0.0213. The zero-order valence-corrected chi connectivity index (χ0v) is 24.3. The molecule has 0 saturated carbocycles. The molecule has 8 heteroatoms. The molecular weight excluding hydrogens is 513 g/mol. The monoisotopic (exact) mass is 552 g/mol. The third-order valence-corrected chi connectivity index (χ3v) is 8.47. The number of rotatable bonds is 5. The fraction of sp³-hybridized carbons (Fsp3) is 0.500. The number of nitrogens with zero attached hydrogens (tertiary/aromatic N) is 4. The zero-order valence-electron chi connectivity index (χ0n) is 24.3. The van der Waals surface area contributed by atoms with E-state index in [0.29, 0.717) is 32.0 Å². The molecule has 1 fully saturated rings. The maximum Gasteiger partial charge on any atom is 0.417 e. The van der Waals surface area contributed by atoms with Gasteiger partial charge in [-0.15, -0.1) is 0 Å². The maximum absolute atomic E-state index is 14.0. The number of hydrogen-bond donors (Lipinski definition) is 0. The minimum atomic E-state index is -4.50. The van der Waals surface area contributed by atoms with Crippen LogP contribution in [-0.2, 0) is 23.9 Å². The Balaban J connectivity index is 1.62. The Morgan fingerprint density at radius 3 is 2.45 bits per heavy atom. The van der Waals surface area contributed by atoms with Crippen LogP contribution in [0.15, 0.2) is 42.5 Å². The Morgan fingerprint density at radius 2 is 1.77 bits per heavy atom. The van der Waals surface area contributed by atoms with E-state index in [9.17, 15) is 13.2 Å². The topological polar surface area (TPSA) is 41.5 Å². The summed E-state index contributed by atoms with van der Waals surface area (Å²) in [6.07, 6.45) is -2.94. The van der Waals surface area contributed by atoms with Crippen LogP contribution in [0, 0.1) is 12.3 Å². The molecule has 0 aliphatic carbocycles. The van der Waals surface area contributed by atoms with E-state index in [-0.39, 0.29) is 22.9 Å². The van der Waals surface area contributed by atoms with E-state index in [1.54, 1.807) is 13.2 Å². The highest BCUT2D eigenvalue weighted by Gasteiger charge is 2.39. The zero-order chi connectivity index (χ0) is 28.8. The van der Waals surface area contributed by atoms with Gasteiger partial charge in [0.05, 0.1) is 17.4 Å². The first-order valence-corrected chi connectivity index (χ1v) is 14.1.